The van der Waals surface area contributed by atoms with Gasteiger partial charge in [0.05, 0.1) is 0 Å². The third-order valence-electron chi connectivity index (χ3n) is 2.68. The van der Waals surface area contributed by atoms with Crippen LogP contribution in [0.2, 0.25) is 0 Å². The molecule has 0 atom stereocenters. The van der Waals surface area contributed by atoms with Gasteiger partial charge in [-0.1, -0.05) is 6.08 Å². The molecule has 0 saturated carbocycles. The van der Waals surface area contributed by atoms with Crippen LogP contribution in [0.15, 0.2) is 28.9 Å². The van der Waals surface area contributed by atoms with Gasteiger partial charge in [0.25, 0.3) is 0 Å². The zero-order valence-corrected chi connectivity index (χ0v) is 9.80. The molecule has 0 saturated heterocycles. The van der Waals surface area contributed by atoms with Gasteiger partial charge in [0.15, 0.2) is 0 Å². The predicted octanol–water partition coefficient (Wildman–Crippen LogP) is 2.70. The number of hydrogen-bond donors (Lipinski definition) is 1. The van der Waals surface area contributed by atoms with E-state index in [0.29, 0.717) is 10.5 Å². The van der Waals surface area contributed by atoms with Crippen LogP contribution in [0.25, 0.3) is 0 Å². The summed E-state index contributed by atoms with van der Waals surface area (Å²) >= 11 is 0. The maximum Gasteiger partial charge on any atom is 0.441 e. The van der Waals surface area contributed by atoms with E-state index in [2.05, 4.69) is 4.99 Å². The number of allylic oxidation sites excluding steroid dienone is 2. The van der Waals surface area contributed by atoms with Gasteiger partial charge in [0.1, 0.15) is 5.84 Å². The summed E-state index contributed by atoms with van der Waals surface area (Å²) in [6.07, 6.45) is -8.37. The Morgan fingerprint density at radius 1 is 1.15 bits per heavy atom. The summed E-state index contributed by atoms with van der Waals surface area (Å²) in [7, 11) is 0. The largest absolute Gasteiger partial charge is 0.441 e. The van der Waals surface area contributed by atoms with E-state index in [1.807, 2.05) is 0 Å². The summed E-state index contributed by atoms with van der Waals surface area (Å²) in [6, 6.07) is -1.55. The average molecular weight is 299 g/mol. The van der Waals surface area contributed by atoms with E-state index in [4.69, 9.17) is 0 Å². The number of rotatable bonds is 0. The van der Waals surface area contributed by atoms with Crippen molar-refractivity contribution in [3.63, 3.8) is 0 Å². The zero-order chi connectivity index (χ0) is 15.3. The molecular formula is C10H7F6N3O. The highest BCUT2D eigenvalue weighted by Gasteiger charge is 2.74. The number of alkyl halides is 6. The van der Waals surface area contributed by atoms with Gasteiger partial charge in [0, 0.05) is 6.20 Å². The van der Waals surface area contributed by atoms with E-state index in [0.717, 1.165) is 17.6 Å². The van der Waals surface area contributed by atoms with Crippen molar-refractivity contribution < 1.29 is 31.1 Å². The second-order valence-corrected chi connectivity index (χ2v) is 4.18. The molecule has 0 unspecified atom stereocenters. The number of hydrogen-bond acceptors (Lipinski definition) is 2. The molecule has 1 N–H and O–H groups in total. The van der Waals surface area contributed by atoms with Crippen LogP contribution in [0.1, 0.15) is 6.92 Å². The molecular weight excluding hydrogens is 292 g/mol. The maximum atomic E-state index is 12.8. The van der Waals surface area contributed by atoms with Crippen molar-refractivity contribution in [1.29, 1.82) is 0 Å². The van der Waals surface area contributed by atoms with Gasteiger partial charge in [-0.2, -0.15) is 26.3 Å². The van der Waals surface area contributed by atoms with Crippen molar-refractivity contribution in [2.75, 3.05) is 0 Å². The summed E-state index contributed by atoms with van der Waals surface area (Å²) in [6.45, 7) is 1.52. The number of nitrogens with zero attached hydrogens (tertiary/aromatic N) is 2. The Morgan fingerprint density at radius 3 is 2.20 bits per heavy atom. The van der Waals surface area contributed by atoms with Gasteiger partial charge in [-0.25, -0.2) is 9.79 Å². The first-order valence-electron chi connectivity index (χ1n) is 5.19. The van der Waals surface area contributed by atoms with Crippen LogP contribution in [0.3, 0.4) is 0 Å². The van der Waals surface area contributed by atoms with Gasteiger partial charge in [0.2, 0.25) is 0 Å². The monoisotopic (exact) mass is 299 g/mol. The topological polar surface area (TPSA) is 44.7 Å². The Bertz CT molecular complexity index is 528. The Hall–Kier alpha value is -2.00. The van der Waals surface area contributed by atoms with Gasteiger partial charge in [-0.3, -0.25) is 10.2 Å². The minimum Gasteiger partial charge on any atom is -0.297 e. The van der Waals surface area contributed by atoms with Crippen LogP contribution in [0.4, 0.5) is 31.1 Å². The molecule has 110 valence electrons. The van der Waals surface area contributed by atoms with E-state index in [1.165, 1.54) is 13.0 Å². The third-order valence-corrected chi connectivity index (χ3v) is 2.68. The van der Waals surface area contributed by atoms with Crippen molar-refractivity contribution in [3.05, 3.63) is 23.9 Å². The molecule has 2 heterocycles. The number of carbonyl (C=O) groups is 1. The molecule has 2 aliphatic rings. The van der Waals surface area contributed by atoms with Gasteiger partial charge >= 0.3 is 24.0 Å². The second kappa shape index (κ2) is 4.00. The minimum atomic E-state index is -5.82. The predicted molar refractivity (Wildman–Crippen MR) is 55.5 cm³/mol. The summed E-state index contributed by atoms with van der Waals surface area (Å²) < 4.78 is 76.8. The molecule has 20 heavy (non-hydrogen) atoms. The number of urea groups is 1. The molecule has 2 amide bonds. The lowest BCUT2D eigenvalue weighted by Gasteiger charge is -2.40. The van der Waals surface area contributed by atoms with Crippen LogP contribution >= 0.6 is 0 Å². The standard InChI is InChI=1S/C10H7F6N3O/c1-5-2-3-6-17-8(9(11,12)13,10(14,15)16)18-7(20)19(6)4-5/h2-4H,1H3,(H,18,20). The smallest absolute Gasteiger partial charge is 0.297 e. The van der Waals surface area contributed by atoms with Crippen molar-refractivity contribution >= 4 is 11.9 Å². The normalized spacial score (nSPS) is 21.9. The zero-order valence-electron chi connectivity index (χ0n) is 9.80. The molecule has 2 rings (SSSR count). The van der Waals surface area contributed by atoms with E-state index in [-0.39, 0.29) is 0 Å². The van der Waals surface area contributed by atoms with Gasteiger partial charge in [-0.05, 0) is 18.6 Å². The van der Waals surface area contributed by atoms with E-state index in [1.54, 1.807) is 0 Å². The second-order valence-electron chi connectivity index (χ2n) is 4.18. The number of amides is 2. The first-order valence-corrected chi connectivity index (χ1v) is 5.19. The summed E-state index contributed by atoms with van der Waals surface area (Å²) in [5.74, 6) is -0.728. The molecule has 0 bridgehead atoms. The van der Waals surface area contributed by atoms with Gasteiger partial charge < -0.3 is 0 Å². The van der Waals surface area contributed by atoms with Crippen LogP contribution < -0.4 is 5.32 Å². The number of nitrogens with one attached hydrogen (secondary N) is 1. The maximum absolute atomic E-state index is 12.8. The number of fused-ring (bicyclic) bond motifs is 1. The SMILES string of the molecule is CC1=CN2C(=O)NC(C(F)(F)F)(C(F)(F)F)N=C2C=C1. The Morgan fingerprint density at radius 2 is 1.70 bits per heavy atom. The van der Waals surface area contributed by atoms with Crippen LogP contribution in [-0.2, 0) is 0 Å². The van der Waals surface area contributed by atoms with Crippen LogP contribution in [0, 0.1) is 0 Å². The lowest BCUT2D eigenvalue weighted by molar-refractivity contribution is -0.302. The van der Waals surface area contributed by atoms with E-state index < -0.39 is 29.9 Å². The molecule has 2 aliphatic heterocycles. The summed E-state index contributed by atoms with van der Waals surface area (Å²) in [5.41, 5.74) is -4.16. The highest BCUT2D eigenvalue weighted by molar-refractivity contribution is 6.08. The third kappa shape index (κ3) is 1.95. The Balaban J connectivity index is 2.62. The van der Waals surface area contributed by atoms with Crippen LogP contribution in [-0.4, -0.2) is 34.8 Å². The first-order chi connectivity index (χ1) is 8.98. The van der Waals surface area contributed by atoms with E-state index in [9.17, 15) is 31.1 Å². The average Bonchev–Trinajstić information content (AvgIpc) is 2.26. The van der Waals surface area contributed by atoms with E-state index >= 15 is 0 Å². The van der Waals surface area contributed by atoms with Crippen molar-refractivity contribution in [2.45, 2.75) is 24.9 Å². The quantitative estimate of drug-likeness (QED) is 0.687. The molecule has 0 fully saturated rings. The molecule has 0 aromatic carbocycles. The molecule has 10 heteroatoms. The number of aliphatic imine (C=N–C) groups is 1. The molecule has 0 aromatic heterocycles. The first kappa shape index (κ1) is 14.4. The fraction of sp³-hybridized carbons (Fsp3) is 0.400. The lowest BCUT2D eigenvalue weighted by atomic mass is 10.1. The Labute approximate surface area is 108 Å². The molecule has 0 spiro atoms. The molecule has 0 radical (unpaired) electrons. The highest BCUT2D eigenvalue weighted by Crippen LogP contribution is 2.45. The molecule has 0 aliphatic carbocycles. The van der Waals surface area contributed by atoms with Crippen LogP contribution in [0.5, 0.6) is 0 Å². The minimum absolute atomic E-state index is 0.477. The van der Waals surface area contributed by atoms with Crippen molar-refractivity contribution in [3.8, 4) is 0 Å². The summed E-state index contributed by atoms with van der Waals surface area (Å²) in [5, 5.41) is 0.901. The highest BCUT2D eigenvalue weighted by atomic mass is 19.4. The Kier molecular flexibility index (Phi) is 2.88. The fourth-order valence-corrected chi connectivity index (χ4v) is 1.70. The lowest BCUT2D eigenvalue weighted by Crippen LogP contribution is -2.71. The fourth-order valence-electron chi connectivity index (χ4n) is 1.70. The van der Waals surface area contributed by atoms with Crippen molar-refractivity contribution in [1.82, 2.24) is 10.2 Å². The molecule has 4 nitrogen and oxygen atoms in total. The van der Waals surface area contributed by atoms with Crippen molar-refractivity contribution in [2.24, 2.45) is 4.99 Å². The number of halogens is 6. The number of amidine groups is 1. The molecule has 0 aromatic rings. The summed E-state index contributed by atoms with van der Waals surface area (Å²) in [4.78, 5) is 14.8. The number of carbonyl (C=O) groups excluding carboxylic acids is 1. The van der Waals surface area contributed by atoms with Gasteiger partial charge in [-0.15, -0.1) is 0 Å².